The van der Waals surface area contributed by atoms with Crippen molar-refractivity contribution in [1.82, 2.24) is 15.1 Å². The lowest BCUT2D eigenvalue weighted by atomic mass is 10.1. The van der Waals surface area contributed by atoms with Gasteiger partial charge in [0.25, 0.3) is 0 Å². The third kappa shape index (κ3) is 4.86. The maximum Gasteiger partial charge on any atom is 0.416 e. The number of carbonyl (C=O) groups is 1. The van der Waals surface area contributed by atoms with Crippen LogP contribution in [0.2, 0.25) is 0 Å². The first-order chi connectivity index (χ1) is 10.8. The van der Waals surface area contributed by atoms with E-state index in [9.17, 15) is 18.0 Å². The zero-order valence-electron chi connectivity index (χ0n) is 13.4. The van der Waals surface area contributed by atoms with Crippen molar-refractivity contribution in [3.63, 3.8) is 0 Å². The summed E-state index contributed by atoms with van der Waals surface area (Å²) in [5, 5.41) is 2.93. The lowest BCUT2D eigenvalue weighted by molar-refractivity contribution is -0.137. The van der Waals surface area contributed by atoms with E-state index in [0.29, 0.717) is 5.56 Å². The Hall–Kier alpha value is -1.76. The number of carbonyl (C=O) groups excluding carboxylic acids is 1. The van der Waals surface area contributed by atoms with Crippen LogP contribution in [0.5, 0.6) is 0 Å². The Balaban J connectivity index is 1.91. The topological polar surface area (TPSA) is 35.6 Å². The maximum atomic E-state index is 12.7. The Labute approximate surface area is 134 Å². The number of rotatable bonds is 4. The van der Waals surface area contributed by atoms with Crippen molar-refractivity contribution in [2.24, 2.45) is 0 Å². The standard InChI is InChI=1S/C16H22F3N3O/c1-3-22-8-7-14(11-22)20-15(23)21(2)10-12-5-4-6-13(9-12)16(17,18)19/h4-6,9,14H,3,7-8,10-11H2,1-2H3,(H,20,23)/t14-/m1/s1. The molecule has 0 unspecified atom stereocenters. The van der Waals surface area contributed by atoms with Gasteiger partial charge < -0.3 is 15.1 Å². The number of likely N-dealkylation sites (N-methyl/N-ethyl adjacent to an activating group) is 1. The molecule has 2 amide bonds. The number of alkyl halides is 3. The largest absolute Gasteiger partial charge is 0.416 e. The molecule has 1 saturated heterocycles. The predicted molar refractivity (Wildman–Crippen MR) is 82.0 cm³/mol. The summed E-state index contributed by atoms with van der Waals surface area (Å²) in [7, 11) is 1.59. The van der Waals surface area contributed by atoms with Gasteiger partial charge in [-0.1, -0.05) is 19.1 Å². The Morgan fingerprint density at radius 3 is 2.78 bits per heavy atom. The number of benzene rings is 1. The predicted octanol–water partition coefficient (Wildman–Crippen LogP) is 2.94. The van der Waals surface area contributed by atoms with Crippen LogP contribution in [-0.4, -0.2) is 48.6 Å². The number of urea groups is 1. The smallest absolute Gasteiger partial charge is 0.334 e. The van der Waals surface area contributed by atoms with Crippen molar-refractivity contribution in [3.8, 4) is 0 Å². The minimum Gasteiger partial charge on any atom is -0.334 e. The van der Waals surface area contributed by atoms with Gasteiger partial charge >= 0.3 is 12.2 Å². The fourth-order valence-corrected chi connectivity index (χ4v) is 2.71. The van der Waals surface area contributed by atoms with Gasteiger partial charge in [0.15, 0.2) is 0 Å². The number of hydrogen-bond donors (Lipinski definition) is 1. The SMILES string of the molecule is CCN1CC[C@@H](NC(=O)N(C)Cc2cccc(C(F)(F)F)c2)C1. The van der Waals surface area contributed by atoms with Crippen LogP contribution < -0.4 is 5.32 Å². The molecule has 1 aliphatic rings. The highest BCUT2D eigenvalue weighted by molar-refractivity contribution is 5.74. The molecule has 2 rings (SSSR count). The first-order valence-corrected chi connectivity index (χ1v) is 7.69. The van der Waals surface area contributed by atoms with Gasteiger partial charge in [0.05, 0.1) is 5.56 Å². The van der Waals surface area contributed by atoms with Gasteiger partial charge in [-0.05, 0) is 30.7 Å². The van der Waals surface area contributed by atoms with Crippen molar-refractivity contribution in [1.29, 1.82) is 0 Å². The van der Waals surface area contributed by atoms with Gasteiger partial charge in [0.1, 0.15) is 0 Å². The van der Waals surface area contributed by atoms with E-state index in [1.54, 1.807) is 13.1 Å². The second-order valence-corrected chi connectivity index (χ2v) is 5.88. The fraction of sp³-hybridized carbons (Fsp3) is 0.562. The molecule has 0 saturated carbocycles. The van der Waals surface area contributed by atoms with Crippen LogP contribution in [0.4, 0.5) is 18.0 Å². The van der Waals surface area contributed by atoms with Crippen LogP contribution in [0.15, 0.2) is 24.3 Å². The third-order valence-corrected chi connectivity index (χ3v) is 4.07. The molecule has 0 spiro atoms. The van der Waals surface area contributed by atoms with Crippen molar-refractivity contribution < 1.29 is 18.0 Å². The minimum absolute atomic E-state index is 0.103. The molecule has 4 nitrogen and oxygen atoms in total. The molecule has 7 heteroatoms. The molecule has 1 N–H and O–H groups in total. The number of amides is 2. The van der Waals surface area contributed by atoms with E-state index in [4.69, 9.17) is 0 Å². The Kier molecular flexibility index (Phi) is 5.51. The summed E-state index contributed by atoms with van der Waals surface area (Å²) in [6.07, 6.45) is -3.47. The van der Waals surface area contributed by atoms with Crippen molar-refractivity contribution in [3.05, 3.63) is 35.4 Å². The van der Waals surface area contributed by atoms with E-state index in [-0.39, 0.29) is 18.6 Å². The van der Waals surface area contributed by atoms with Gasteiger partial charge in [0, 0.05) is 32.7 Å². The first kappa shape index (κ1) is 17.6. The second-order valence-electron chi connectivity index (χ2n) is 5.88. The van der Waals surface area contributed by atoms with Crippen LogP contribution in [0.1, 0.15) is 24.5 Å². The Bertz CT molecular complexity index is 548. The average Bonchev–Trinajstić information content (AvgIpc) is 2.94. The first-order valence-electron chi connectivity index (χ1n) is 7.69. The van der Waals surface area contributed by atoms with Crippen LogP contribution in [0.3, 0.4) is 0 Å². The zero-order valence-corrected chi connectivity index (χ0v) is 13.4. The minimum atomic E-state index is -4.37. The normalized spacial score (nSPS) is 18.9. The highest BCUT2D eigenvalue weighted by Crippen LogP contribution is 2.29. The Morgan fingerprint density at radius 2 is 2.17 bits per heavy atom. The lowest BCUT2D eigenvalue weighted by Crippen LogP contribution is -2.43. The highest BCUT2D eigenvalue weighted by Gasteiger charge is 2.30. The van der Waals surface area contributed by atoms with E-state index in [2.05, 4.69) is 17.1 Å². The van der Waals surface area contributed by atoms with Gasteiger partial charge in [-0.25, -0.2) is 4.79 Å². The quantitative estimate of drug-likeness (QED) is 0.922. The molecule has 1 fully saturated rings. The fourth-order valence-electron chi connectivity index (χ4n) is 2.71. The number of nitrogens with one attached hydrogen (secondary N) is 1. The number of hydrogen-bond acceptors (Lipinski definition) is 2. The van der Waals surface area contributed by atoms with Crippen LogP contribution in [0.25, 0.3) is 0 Å². The molecule has 1 heterocycles. The molecule has 0 aliphatic carbocycles. The molecule has 128 valence electrons. The lowest BCUT2D eigenvalue weighted by Gasteiger charge is -2.22. The van der Waals surface area contributed by atoms with E-state index < -0.39 is 11.7 Å². The van der Waals surface area contributed by atoms with Crippen molar-refractivity contribution in [2.45, 2.75) is 32.1 Å². The van der Waals surface area contributed by atoms with E-state index in [1.807, 2.05) is 0 Å². The third-order valence-electron chi connectivity index (χ3n) is 4.07. The molecular weight excluding hydrogens is 307 g/mol. The summed E-state index contributed by atoms with van der Waals surface area (Å²) >= 11 is 0. The molecule has 1 aromatic rings. The second kappa shape index (κ2) is 7.21. The van der Waals surface area contributed by atoms with Gasteiger partial charge in [0.2, 0.25) is 0 Å². The number of likely N-dealkylation sites (tertiary alicyclic amines) is 1. The van der Waals surface area contributed by atoms with E-state index >= 15 is 0 Å². The van der Waals surface area contributed by atoms with Crippen LogP contribution >= 0.6 is 0 Å². The zero-order chi connectivity index (χ0) is 17.0. The van der Waals surface area contributed by atoms with Crippen LogP contribution in [0, 0.1) is 0 Å². The van der Waals surface area contributed by atoms with E-state index in [0.717, 1.165) is 38.2 Å². The maximum absolute atomic E-state index is 12.7. The summed E-state index contributed by atoms with van der Waals surface area (Å²) < 4.78 is 38.1. The molecule has 0 aromatic heterocycles. The number of halogens is 3. The molecular formula is C16H22F3N3O. The molecule has 23 heavy (non-hydrogen) atoms. The molecule has 0 radical (unpaired) electrons. The summed E-state index contributed by atoms with van der Waals surface area (Å²) in [6, 6.07) is 4.91. The Morgan fingerprint density at radius 1 is 1.43 bits per heavy atom. The molecule has 1 aliphatic heterocycles. The number of nitrogens with zero attached hydrogens (tertiary/aromatic N) is 2. The van der Waals surface area contributed by atoms with E-state index in [1.165, 1.54) is 11.0 Å². The molecule has 1 atom stereocenters. The summed E-state index contributed by atoms with van der Waals surface area (Å²) in [4.78, 5) is 15.8. The summed E-state index contributed by atoms with van der Waals surface area (Å²) in [6.45, 7) is 4.94. The summed E-state index contributed by atoms with van der Waals surface area (Å²) in [5.41, 5.74) is -0.239. The molecule has 0 bridgehead atoms. The van der Waals surface area contributed by atoms with Crippen LogP contribution in [-0.2, 0) is 12.7 Å². The monoisotopic (exact) mass is 329 g/mol. The van der Waals surface area contributed by atoms with Gasteiger partial charge in [-0.2, -0.15) is 13.2 Å². The van der Waals surface area contributed by atoms with Crippen molar-refractivity contribution in [2.75, 3.05) is 26.7 Å². The van der Waals surface area contributed by atoms with Gasteiger partial charge in [-0.3, -0.25) is 0 Å². The average molecular weight is 329 g/mol. The van der Waals surface area contributed by atoms with Gasteiger partial charge in [-0.15, -0.1) is 0 Å². The summed E-state index contributed by atoms with van der Waals surface area (Å²) in [5.74, 6) is 0. The highest BCUT2D eigenvalue weighted by atomic mass is 19.4. The molecule has 1 aromatic carbocycles. The van der Waals surface area contributed by atoms with Crippen molar-refractivity contribution >= 4 is 6.03 Å².